The Labute approximate surface area is 120 Å². The highest BCUT2D eigenvalue weighted by atomic mass is 16.6. The molecule has 0 bridgehead atoms. The maximum Gasteiger partial charge on any atom is 0.270 e. The molecule has 7 nitrogen and oxygen atoms in total. The molecule has 3 aromatic rings. The minimum absolute atomic E-state index is 0.0151. The molecule has 3 rings (SSSR count). The predicted molar refractivity (Wildman–Crippen MR) is 79.1 cm³/mol. The average molecular weight is 283 g/mol. The smallest absolute Gasteiger partial charge is 0.270 e. The minimum Gasteiger partial charge on any atom is -0.277 e. The van der Waals surface area contributed by atoms with Crippen molar-refractivity contribution in [2.45, 2.75) is 13.8 Å². The fourth-order valence-corrected chi connectivity index (χ4v) is 2.20. The second-order valence-electron chi connectivity index (χ2n) is 4.74. The van der Waals surface area contributed by atoms with Gasteiger partial charge in [-0.15, -0.1) is 0 Å². The third-order valence-electron chi connectivity index (χ3n) is 3.32. The fraction of sp³-hybridized carbons (Fsp3) is 0.143. The second kappa shape index (κ2) is 4.86. The third kappa shape index (κ3) is 2.29. The predicted octanol–water partition coefficient (Wildman–Crippen LogP) is 2.83. The summed E-state index contributed by atoms with van der Waals surface area (Å²) in [4.78, 5) is 18.8. The zero-order valence-corrected chi connectivity index (χ0v) is 11.6. The molecular weight excluding hydrogens is 270 g/mol. The molecule has 0 amide bonds. The first-order chi connectivity index (χ1) is 10.1. The normalized spacial score (nSPS) is 10.8. The van der Waals surface area contributed by atoms with E-state index in [1.54, 1.807) is 6.07 Å². The molecule has 0 aliphatic rings. The summed E-state index contributed by atoms with van der Waals surface area (Å²) in [6.45, 7) is 3.93. The molecule has 21 heavy (non-hydrogen) atoms. The Bertz CT molecular complexity index is 821. The molecule has 2 aromatic heterocycles. The maximum atomic E-state index is 10.9. The molecule has 0 saturated heterocycles. The van der Waals surface area contributed by atoms with Gasteiger partial charge in [0, 0.05) is 23.5 Å². The SMILES string of the molecule is Cc1ccc(C)n1Nc1ncnc2ccc([N+](=O)[O-])cc12. The molecule has 106 valence electrons. The summed E-state index contributed by atoms with van der Waals surface area (Å²) in [5.41, 5.74) is 5.88. The monoisotopic (exact) mass is 283 g/mol. The molecule has 0 unspecified atom stereocenters. The standard InChI is InChI=1S/C14H13N5O2/c1-9-3-4-10(2)18(9)17-14-12-7-11(19(20)21)5-6-13(12)15-8-16-14/h3-8H,1-2H3,(H,15,16,17). The highest BCUT2D eigenvalue weighted by molar-refractivity contribution is 5.90. The minimum atomic E-state index is -0.428. The molecule has 0 fully saturated rings. The number of aryl methyl sites for hydroxylation is 2. The number of benzene rings is 1. The summed E-state index contributed by atoms with van der Waals surface area (Å²) < 4.78 is 1.88. The van der Waals surface area contributed by atoms with Crippen molar-refractivity contribution in [1.82, 2.24) is 14.6 Å². The van der Waals surface area contributed by atoms with E-state index < -0.39 is 4.92 Å². The molecule has 0 radical (unpaired) electrons. The van der Waals surface area contributed by atoms with Gasteiger partial charge in [0.25, 0.3) is 5.69 Å². The molecular formula is C14H13N5O2. The van der Waals surface area contributed by atoms with Gasteiger partial charge in [0.2, 0.25) is 0 Å². The zero-order chi connectivity index (χ0) is 15.0. The van der Waals surface area contributed by atoms with E-state index >= 15 is 0 Å². The van der Waals surface area contributed by atoms with Gasteiger partial charge in [-0.1, -0.05) is 0 Å². The number of aromatic nitrogens is 3. The van der Waals surface area contributed by atoms with Crippen molar-refractivity contribution < 1.29 is 4.92 Å². The van der Waals surface area contributed by atoms with Crippen molar-refractivity contribution in [2.75, 3.05) is 5.43 Å². The summed E-state index contributed by atoms with van der Waals surface area (Å²) in [5.74, 6) is 0.533. The van der Waals surface area contributed by atoms with Crippen LogP contribution < -0.4 is 5.43 Å². The topological polar surface area (TPSA) is 85.9 Å². The first-order valence-electron chi connectivity index (χ1n) is 6.37. The fourth-order valence-electron chi connectivity index (χ4n) is 2.20. The van der Waals surface area contributed by atoms with Crippen LogP contribution in [0.4, 0.5) is 11.5 Å². The van der Waals surface area contributed by atoms with E-state index in [1.165, 1.54) is 18.5 Å². The van der Waals surface area contributed by atoms with Crippen LogP contribution in [0.2, 0.25) is 0 Å². The first kappa shape index (κ1) is 13.0. The van der Waals surface area contributed by atoms with Gasteiger partial charge in [0.1, 0.15) is 6.33 Å². The van der Waals surface area contributed by atoms with E-state index in [-0.39, 0.29) is 5.69 Å². The van der Waals surface area contributed by atoms with Crippen LogP contribution in [-0.2, 0) is 0 Å². The van der Waals surface area contributed by atoms with Gasteiger partial charge in [0.05, 0.1) is 15.8 Å². The number of nitrogens with one attached hydrogen (secondary N) is 1. The van der Waals surface area contributed by atoms with Crippen molar-refractivity contribution in [3.63, 3.8) is 0 Å². The number of nitrogens with zero attached hydrogens (tertiary/aromatic N) is 4. The van der Waals surface area contributed by atoms with Crippen LogP contribution in [0.3, 0.4) is 0 Å². The third-order valence-corrected chi connectivity index (χ3v) is 3.32. The van der Waals surface area contributed by atoms with E-state index in [1.807, 2.05) is 30.7 Å². The Morgan fingerprint density at radius 2 is 1.86 bits per heavy atom. The summed E-state index contributed by atoms with van der Waals surface area (Å²) in [7, 11) is 0. The number of nitro benzene ring substituents is 1. The Hall–Kier alpha value is -2.96. The van der Waals surface area contributed by atoms with Crippen molar-refractivity contribution in [2.24, 2.45) is 0 Å². The molecule has 0 saturated carbocycles. The lowest BCUT2D eigenvalue weighted by Gasteiger charge is -2.13. The largest absolute Gasteiger partial charge is 0.277 e. The number of hydrogen-bond donors (Lipinski definition) is 1. The molecule has 0 aliphatic carbocycles. The van der Waals surface area contributed by atoms with Crippen molar-refractivity contribution in [1.29, 1.82) is 0 Å². The lowest BCUT2D eigenvalue weighted by molar-refractivity contribution is -0.384. The highest BCUT2D eigenvalue weighted by Gasteiger charge is 2.11. The summed E-state index contributed by atoms with van der Waals surface area (Å²) in [5, 5.41) is 11.5. The molecule has 0 aliphatic heterocycles. The van der Waals surface area contributed by atoms with Crippen LogP contribution in [0, 0.1) is 24.0 Å². The van der Waals surface area contributed by atoms with Gasteiger partial charge in [-0.3, -0.25) is 20.2 Å². The molecule has 7 heteroatoms. The molecule has 1 aromatic carbocycles. The van der Waals surface area contributed by atoms with Gasteiger partial charge in [-0.2, -0.15) is 0 Å². The molecule has 0 spiro atoms. The number of non-ortho nitro benzene ring substituents is 1. The first-order valence-corrected chi connectivity index (χ1v) is 6.37. The van der Waals surface area contributed by atoms with Crippen molar-refractivity contribution in [3.05, 3.63) is 58.2 Å². The Morgan fingerprint density at radius 1 is 1.14 bits per heavy atom. The van der Waals surface area contributed by atoms with Crippen LogP contribution in [0.1, 0.15) is 11.4 Å². The van der Waals surface area contributed by atoms with E-state index in [4.69, 9.17) is 0 Å². The Balaban J connectivity index is 2.13. The maximum absolute atomic E-state index is 10.9. The number of nitro groups is 1. The van der Waals surface area contributed by atoms with Gasteiger partial charge in [0.15, 0.2) is 5.82 Å². The van der Waals surface area contributed by atoms with E-state index in [0.717, 1.165) is 11.4 Å². The van der Waals surface area contributed by atoms with Gasteiger partial charge in [-0.05, 0) is 32.0 Å². The van der Waals surface area contributed by atoms with Crippen molar-refractivity contribution in [3.8, 4) is 0 Å². The molecule has 0 atom stereocenters. The zero-order valence-electron chi connectivity index (χ0n) is 11.6. The average Bonchev–Trinajstić information content (AvgIpc) is 2.79. The lowest BCUT2D eigenvalue weighted by atomic mass is 10.2. The van der Waals surface area contributed by atoms with E-state index in [9.17, 15) is 10.1 Å². The van der Waals surface area contributed by atoms with Crippen molar-refractivity contribution >= 4 is 22.4 Å². The highest BCUT2D eigenvalue weighted by Crippen LogP contribution is 2.24. The Morgan fingerprint density at radius 3 is 2.52 bits per heavy atom. The number of anilines is 1. The van der Waals surface area contributed by atoms with E-state index in [0.29, 0.717) is 16.7 Å². The van der Waals surface area contributed by atoms with Crippen LogP contribution in [-0.4, -0.2) is 19.6 Å². The second-order valence-corrected chi connectivity index (χ2v) is 4.74. The Kier molecular flexibility index (Phi) is 3.02. The van der Waals surface area contributed by atoms with Gasteiger partial charge < -0.3 is 0 Å². The van der Waals surface area contributed by atoms with Gasteiger partial charge >= 0.3 is 0 Å². The quantitative estimate of drug-likeness (QED) is 0.590. The number of rotatable bonds is 3. The van der Waals surface area contributed by atoms with E-state index in [2.05, 4.69) is 15.4 Å². The molecule has 2 heterocycles. The van der Waals surface area contributed by atoms with Crippen LogP contribution in [0.5, 0.6) is 0 Å². The van der Waals surface area contributed by atoms with Crippen LogP contribution >= 0.6 is 0 Å². The van der Waals surface area contributed by atoms with Gasteiger partial charge in [-0.25, -0.2) is 9.97 Å². The number of fused-ring (bicyclic) bond motifs is 1. The summed E-state index contributed by atoms with van der Waals surface area (Å²) in [6.07, 6.45) is 1.44. The van der Waals surface area contributed by atoms with Crippen LogP contribution in [0.15, 0.2) is 36.7 Å². The summed E-state index contributed by atoms with van der Waals surface area (Å²) in [6, 6.07) is 8.50. The van der Waals surface area contributed by atoms with Crippen LogP contribution in [0.25, 0.3) is 10.9 Å². The lowest BCUT2D eigenvalue weighted by Crippen LogP contribution is -2.13. The molecule has 1 N–H and O–H groups in total. The summed E-state index contributed by atoms with van der Waals surface area (Å²) >= 11 is 0. The number of hydrogen-bond acceptors (Lipinski definition) is 5.